The molecule has 64 valence electrons. The number of Topliss-reactive ketones (excluding diaryl/α,β-unsaturated/α-hetero) is 1. The van der Waals surface area contributed by atoms with Gasteiger partial charge >= 0.3 is 0 Å². The monoisotopic (exact) mass is 162 g/mol. The molecule has 0 bridgehead atoms. The van der Waals surface area contributed by atoms with Crippen molar-refractivity contribution in [2.45, 2.75) is 26.7 Å². The van der Waals surface area contributed by atoms with E-state index in [1.807, 2.05) is 32.0 Å². The molecule has 0 spiro atoms. The highest BCUT2D eigenvalue weighted by atomic mass is 16.1. The van der Waals surface area contributed by atoms with E-state index in [2.05, 4.69) is 6.07 Å². The molecule has 1 aromatic carbocycles. The van der Waals surface area contributed by atoms with E-state index >= 15 is 0 Å². The molecule has 1 aromatic rings. The average Bonchev–Trinajstić information content (AvgIpc) is 2.03. The molecular formula is C11H14O. The number of carbonyl (C=O) groups is 1. The Labute approximate surface area is 73.4 Å². The first kappa shape index (κ1) is 8.98. The van der Waals surface area contributed by atoms with Crippen molar-refractivity contribution in [1.29, 1.82) is 0 Å². The SMILES string of the molecule is CC(=O)[C@@H](C)c1cccc(C)c1. The Morgan fingerprint density at radius 2 is 2.08 bits per heavy atom. The van der Waals surface area contributed by atoms with Crippen LogP contribution < -0.4 is 0 Å². The molecule has 0 heterocycles. The number of hydrogen-bond donors (Lipinski definition) is 0. The smallest absolute Gasteiger partial charge is 0.136 e. The minimum absolute atomic E-state index is 0.0323. The van der Waals surface area contributed by atoms with Gasteiger partial charge < -0.3 is 0 Å². The molecule has 0 saturated carbocycles. The molecule has 0 N–H and O–H groups in total. The molecule has 0 aliphatic rings. The van der Waals surface area contributed by atoms with Crippen LogP contribution in [-0.2, 0) is 4.79 Å². The second-order valence-electron chi connectivity index (χ2n) is 3.25. The van der Waals surface area contributed by atoms with Crippen LogP contribution in [0.2, 0.25) is 0 Å². The molecule has 0 radical (unpaired) electrons. The number of ketones is 1. The molecule has 1 atom stereocenters. The standard InChI is InChI=1S/C11H14O/c1-8-5-4-6-11(7-8)9(2)10(3)12/h4-7,9H,1-3H3/t9-/m1/s1. The van der Waals surface area contributed by atoms with Gasteiger partial charge in [-0.15, -0.1) is 0 Å². The van der Waals surface area contributed by atoms with Gasteiger partial charge in [0.15, 0.2) is 0 Å². The van der Waals surface area contributed by atoms with Crippen LogP contribution in [0.15, 0.2) is 24.3 Å². The van der Waals surface area contributed by atoms with Gasteiger partial charge in [0, 0.05) is 5.92 Å². The molecule has 12 heavy (non-hydrogen) atoms. The summed E-state index contributed by atoms with van der Waals surface area (Å²) in [6.07, 6.45) is 0. The van der Waals surface area contributed by atoms with E-state index < -0.39 is 0 Å². The third-order valence-electron chi connectivity index (χ3n) is 2.15. The lowest BCUT2D eigenvalue weighted by molar-refractivity contribution is -0.118. The van der Waals surface area contributed by atoms with Gasteiger partial charge in [-0.25, -0.2) is 0 Å². The molecule has 0 fully saturated rings. The van der Waals surface area contributed by atoms with Gasteiger partial charge in [-0.3, -0.25) is 4.79 Å². The second kappa shape index (κ2) is 3.53. The number of carbonyl (C=O) groups excluding carboxylic acids is 1. The van der Waals surface area contributed by atoms with Crippen LogP contribution in [0.1, 0.15) is 30.9 Å². The van der Waals surface area contributed by atoms with Crippen LogP contribution in [0, 0.1) is 6.92 Å². The van der Waals surface area contributed by atoms with Crippen molar-refractivity contribution < 1.29 is 4.79 Å². The maximum atomic E-state index is 11.1. The van der Waals surface area contributed by atoms with E-state index in [1.165, 1.54) is 5.56 Å². The fourth-order valence-corrected chi connectivity index (χ4v) is 1.17. The van der Waals surface area contributed by atoms with Gasteiger partial charge in [0.05, 0.1) is 0 Å². The predicted octanol–water partition coefficient (Wildman–Crippen LogP) is 2.69. The van der Waals surface area contributed by atoms with E-state index in [1.54, 1.807) is 6.92 Å². The number of hydrogen-bond acceptors (Lipinski definition) is 1. The first-order valence-electron chi connectivity index (χ1n) is 4.18. The summed E-state index contributed by atoms with van der Waals surface area (Å²) in [6.45, 7) is 5.61. The van der Waals surface area contributed by atoms with E-state index in [4.69, 9.17) is 0 Å². The fourth-order valence-electron chi connectivity index (χ4n) is 1.17. The van der Waals surface area contributed by atoms with E-state index in [-0.39, 0.29) is 11.7 Å². The fraction of sp³-hybridized carbons (Fsp3) is 0.364. The summed E-state index contributed by atoms with van der Waals surface area (Å²) >= 11 is 0. The van der Waals surface area contributed by atoms with E-state index in [9.17, 15) is 4.79 Å². The first-order chi connectivity index (χ1) is 5.61. The third kappa shape index (κ3) is 1.94. The summed E-state index contributed by atoms with van der Waals surface area (Å²) in [5.41, 5.74) is 2.32. The molecule has 0 aliphatic heterocycles. The molecule has 1 heteroatoms. The second-order valence-corrected chi connectivity index (χ2v) is 3.25. The zero-order valence-electron chi connectivity index (χ0n) is 7.79. The largest absolute Gasteiger partial charge is 0.299 e. The van der Waals surface area contributed by atoms with Crippen LogP contribution in [0.25, 0.3) is 0 Å². The quantitative estimate of drug-likeness (QED) is 0.653. The summed E-state index contributed by atoms with van der Waals surface area (Å²) in [7, 11) is 0. The molecule has 0 aliphatic carbocycles. The van der Waals surface area contributed by atoms with Crippen molar-refractivity contribution in [3.05, 3.63) is 35.4 Å². The van der Waals surface area contributed by atoms with E-state index in [0.29, 0.717) is 0 Å². The molecule has 0 aromatic heterocycles. The minimum atomic E-state index is 0.0323. The van der Waals surface area contributed by atoms with Gasteiger partial charge in [0.25, 0.3) is 0 Å². The lowest BCUT2D eigenvalue weighted by Crippen LogP contribution is -2.03. The Kier molecular flexibility index (Phi) is 2.64. The van der Waals surface area contributed by atoms with Gasteiger partial charge in [-0.2, -0.15) is 0 Å². The Balaban J connectivity index is 2.95. The summed E-state index contributed by atoms with van der Waals surface area (Å²) in [4.78, 5) is 11.1. The first-order valence-corrected chi connectivity index (χ1v) is 4.18. The van der Waals surface area contributed by atoms with Crippen molar-refractivity contribution in [3.63, 3.8) is 0 Å². The van der Waals surface area contributed by atoms with Gasteiger partial charge in [-0.05, 0) is 19.4 Å². The summed E-state index contributed by atoms with van der Waals surface area (Å²) < 4.78 is 0. The van der Waals surface area contributed by atoms with Crippen molar-refractivity contribution in [1.82, 2.24) is 0 Å². The number of aryl methyl sites for hydroxylation is 1. The normalized spacial score (nSPS) is 12.6. The molecule has 0 saturated heterocycles. The Morgan fingerprint density at radius 3 is 2.58 bits per heavy atom. The van der Waals surface area contributed by atoms with Crippen LogP contribution in [0.5, 0.6) is 0 Å². The molecular weight excluding hydrogens is 148 g/mol. The molecule has 0 unspecified atom stereocenters. The van der Waals surface area contributed by atoms with Crippen LogP contribution in [0.4, 0.5) is 0 Å². The predicted molar refractivity (Wildman–Crippen MR) is 50.3 cm³/mol. The summed E-state index contributed by atoms with van der Waals surface area (Å²) in [5, 5.41) is 0. The topological polar surface area (TPSA) is 17.1 Å². The van der Waals surface area contributed by atoms with E-state index in [0.717, 1.165) is 5.56 Å². The van der Waals surface area contributed by atoms with Crippen molar-refractivity contribution in [3.8, 4) is 0 Å². The lowest BCUT2D eigenvalue weighted by atomic mass is 9.96. The van der Waals surface area contributed by atoms with Gasteiger partial charge in [0.1, 0.15) is 5.78 Å². The average molecular weight is 162 g/mol. The highest BCUT2D eigenvalue weighted by molar-refractivity contribution is 5.82. The third-order valence-corrected chi connectivity index (χ3v) is 2.15. The van der Waals surface area contributed by atoms with Gasteiger partial charge in [-0.1, -0.05) is 36.8 Å². The highest BCUT2D eigenvalue weighted by Gasteiger charge is 2.09. The highest BCUT2D eigenvalue weighted by Crippen LogP contribution is 2.16. The van der Waals surface area contributed by atoms with Crippen molar-refractivity contribution in [2.75, 3.05) is 0 Å². The lowest BCUT2D eigenvalue weighted by Gasteiger charge is -2.07. The number of rotatable bonds is 2. The van der Waals surface area contributed by atoms with Crippen molar-refractivity contribution >= 4 is 5.78 Å². The zero-order chi connectivity index (χ0) is 9.14. The summed E-state index contributed by atoms with van der Waals surface area (Å²) in [6, 6.07) is 8.09. The molecule has 1 rings (SSSR count). The zero-order valence-corrected chi connectivity index (χ0v) is 7.79. The maximum absolute atomic E-state index is 11.1. The van der Waals surface area contributed by atoms with Crippen LogP contribution in [0.3, 0.4) is 0 Å². The van der Waals surface area contributed by atoms with Crippen LogP contribution >= 0.6 is 0 Å². The maximum Gasteiger partial charge on any atom is 0.136 e. The number of benzene rings is 1. The molecule has 0 amide bonds. The van der Waals surface area contributed by atoms with Gasteiger partial charge in [0.2, 0.25) is 0 Å². The Bertz CT molecular complexity index is 289. The van der Waals surface area contributed by atoms with Crippen molar-refractivity contribution in [2.24, 2.45) is 0 Å². The Morgan fingerprint density at radius 1 is 1.42 bits per heavy atom. The molecule has 1 nitrogen and oxygen atoms in total. The Hall–Kier alpha value is -1.11. The van der Waals surface area contributed by atoms with Crippen LogP contribution in [-0.4, -0.2) is 5.78 Å². The summed E-state index contributed by atoms with van der Waals surface area (Å²) in [5.74, 6) is 0.255. The minimum Gasteiger partial charge on any atom is -0.299 e.